The average molecular weight is 485 g/mol. The molecule has 184 valence electrons. The van der Waals surface area contributed by atoms with Gasteiger partial charge in [0.1, 0.15) is 5.56 Å². The Kier molecular flexibility index (Phi) is 4.89. The van der Waals surface area contributed by atoms with E-state index in [4.69, 9.17) is 10.7 Å². The molecule has 4 aromatic rings. The van der Waals surface area contributed by atoms with Crippen LogP contribution in [-0.4, -0.2) is 47.1 Å². The fourth-order valence-electron chi connectivity index (χ4n) is 5.13. The van der Waals surface area contributed by atoms with Gasteiger partial charge in [-0.25, -0.2) is 9.50 Å². The van der Waals surface area contributed by atoms with Crippen LogP contribution in [0.2, 0.25) is 0 Å². The monoisotopic (exact) mass is 484 g/mol. The molecule has 3 aromatic heterocycles. The number of carbonyl (C=O) groups excluding carboxylic acids is 2. The number of benzene rings is 1. The molecule has 2 aliphatic rings. The molecule has 10 nitrogen and oxygen atoms in total. The van der Waals surface area contributed by atoms with E-state index in [1.807, 2.05) is 36.9 Å². The SMILES string of the molecule is Cc1cc(-c2ccn3nc(N)c(C(=O)Nc4cnn(C)c4C)c3n2)cc2c1C(=O)N([C@@H](C)C1CC1)C2. The second kappa shape index (κ2) is 7.91. The third-order valence-electron chi connectivity index (χ3n) is 7.55. The van der Waals surface area contributed by atoms with Crippen LogP contribution in [0.4, 0.5) is 11.5 Å². The third-order valence-corrected chi connectivity index (χ3v) is 7.55. The number of anilines is 2. The maximum Gasteiger partial charge on any atom is 0.263 e. The molecule has 1 saturated carbocycles. The molecule has 0 bridgehead atoms. The van der Waals surface area contributed by atoms with E-state index in [0.29, 0.717) is 29.5 Å². The molecular weight excluding hydrogens is 456 g/mol. The highest BCUT2D eigenvalue weighted by Gasteiger charge is 2.39. The Morgan fingerprint density at radius 2 is 2.03 bits per heavy atom. The zero-order valence-electron chi connectivity index (χ0n) is 20.7. The van der Waals surface area contributed by atoms with Crippen LogP contribution in [0, 0.1) is 19.8 Å². The van der Waals surface area contributed by atoms with Crippen LogP contribution in [0.5, 0.6) is 0 Å². The maximum absolute atomic E-state index is 13.2. The van der Waals surface area contributed by atoms with Gasteiger partial charge >= 0.3 is 0 Å². The van der Waals surface area contributed by atoms with Gasteiger partial charge in [0.25, 0.3) is 11.8 Å². The van der Waals surface area contributed by atoms with Gasteiger partial charge in [0.15, 0.2) is 11.5 Å². The van der Waals surface area contributed by atoms with E-state index in [0.717, 1.165) is 27.9 Å². The van der Waals surface area contributed by atoms with E-state index >= 15 is 0 Å². The molecule has 1 aliphatic heterocycles. The van der Waals surface area contributed by atoms with Gasteiger partial charge < -0.3 is 16.0 Å². The summed E-state index contributed by atoms with van der Waals surface area (Å²) in [5, 5.41) is 11.3. The van der Waals surface area contributed by atoms with E-state index in [1.165, 1.54) is 17.4 Å². The second-order valence-corrected chi connectivity index (χ2v) is 9.90. The molecule has 36 heavy (non-hydrogen) atoms. The van der Waals surface area contributed by atoms with E-state index in [9.17, 15) is 9.59 Å². The lowest BCUT2D eigenvalue weighted by Gasteiger charge is -2.24. The maximum atomic E-state index is 13.2. The van der Waals surface area contributed by atoms with Crippen LogP contribution in [0.1, 0.15) is 57.3 Å². The fraction of sp³-hybridized carbons (Fsp3) is 0.346. The van der Waals surface area contributed by atoms with E-state index < -0.39 is 5.91 Å². The third kappa shape index (κ3) is 3.43. The first-order valence-electron chi connectivity index (χ1n) is 12.1. The number of nitrogens with one attached hydrogen (secondary N) is 1. The van der Waals surface area contributed by atoms with Crippen molar-refractivity contribution in [1.29, 1.82) is 0 Å². The Morgan fingerprint density at radius 3 is 2.72 bits per heavy atom. The van der Waals surface area contributed by atoms with Gasteiger partial charge in [0, 0.05) is 37.0 Å². The fourth-order valence-corrected chi connectivity index (χ4v) is 5.13. The Morgan fingerprint density at radius 1 is 1.25 bits per heavy atom. The summed E-state index contributed by atoms with van der Waals surface area (Å²) in [7, 11) is 1.81. The first-order chi connectivity index (χ1) is 17.2. The molecule has 0 radical (unpaired) electrons. The van der Waals surface area contributed by atoms with Crippen LogP contribution in [0.3, 0.4) is 0 Å². The van der Waals surface area contributed by atoms with Crippen molar-refractivity contribution in [3.05, 3.63) is 58.5 Å². The first-order valence-corrected chi connectivity index (χ1v) is 12.1. The normalized spacial score (nSPS) is 16.0. The predicted molar refractivity (Wildman–Crippen MR) is 136 cm³/mol. The number of nitrogens with zero attached hydrogens (tertiary/aromatic N) is 6. The molecule has 0 unspecified atom stereocenters. The van der Waals surface area contributed by atoms with Gasteiger partial charge in [-0.05, 0) is 68.9 Å². The number of nitrogens with two attached hydrogens (primary N) is 1. The molecule has 6 rings (SSSR count). The molecule has 0 saturated heterocycles. The van der Waals surface area contributed by atoms with Crippen molar-refractivity contribution in [1.82, 2.24) is 29.3 Å². The van der Waals surface area contributed by atoms with Crippen molar-refractivity contribution < 1.29 is 9.59 Å². The van der Waals surface area contributed by atoms with Crippen molar-refractivity contribution in [3.63, 3.8) is 0 Å². The lowest BCUT2D eigenvalue weighted by Crippen LogP contribution is -2.34. The van der Waals surface area contributed by atoms with Crippen LogP contribution >= 0.6 is 0 Å². The zero-order valence-corrected chi connectivity index (χ0v) is 20.7. The minimum absolute atomic E-state index is 0.0964. The molecule has 1 aromatic carbocycles. The van der Waals surface area contributed by atoms with Crippen LogP contribution < -0.4 is 11.1 Å². The number of nitrogen functional groups attached to an aromatic ring is 1. The largest absolute Gasteiger partial charge is 0.381 e. The number of aryl methyl sites for hydroxylation is 2. The predicted octanol–water partition coefficient (Wildman–Crippen LogP) is 3.34. The zero-order chi connectivity index (χ0) is 25.3. The van der Waals surface area contributed by atoms with E-state index in [-0.39, 0.29) is 23.3 Å². The number of amides is 2. The number of fused-ring (bicyclic) bond motifs is 2. The summed E-state index contributed by atoms with van der Waals surface area (Å²) in [5.41, 5.74) is 12.4. The van der Waals surface area contributed by atoms with Gasteiger partial charge in [-0.3, -0.25) is 14.3 Å². The van der Waals surface area contributed by atoms with Crippen molar-refractivity contribution in [2.75, 3.05) is 11.1 Å². The van der Waals surface area contributed by atoms with E-state index in [1.54, 1.807) is 24.1 Å². The number of hydrogen-bond acceptors (Lipinski definition) is 6. The summed E-state index contributed by atoms with van der Waals surface area (Å²) >= 11 is 0. The summed E-state index contributed by atoms with van der Waals surface area (Å²) in [6, 6.07) is 6.12. The van der Waals surface area contributed by atoms with Gasteiger partial charge in [-0.15, -0.1) is 5.10 Å². The van der Waals surface area contributed by atoms with Gasteiger partial charge in [0.2, 0.25) is 0 Å². The average Bonchev–Trinajstić information content (AvgIpc) is 3.48. The second-order valence-electron chi connectivity index (χ2n) is 9.90. The van der Waals surface area contributed by atoms with Crippen molar-refractivity contribution in [2.24, 2.45) is 13.0 Å². The van der Waals surface area contributed by atoms with Gasteiger partial charge in [0.05, 0.1) is 23.3 Å². The summed E-state index contributed by atoms with van der Waals surface area (Å²) in [6.07, 6.45) is 5.73. The molecule has 10 heteroatoms. The van der Waals surface area contributed by atoms with Crippen molar-refractivity contribution >= 4 is 29.0 Å². The van der Waals surface area contributed by atoms with Crippen molar-refractivity contribution in [3.8, 4) is 11.3 Å². The highest BCUT2D eigenvalue weighted by atomic mass is 16.2. The van der Waals surface area contributed by atoms with E-state index in [2.05, 4.69) is 22.4 Å². The summed E-state index contributed by atoms with van der Waals surface area (Å²) in [4.78, 5) is 33.1. The first kappa shape index (κ1) is 22.3. The minimum atomic E-state index is -0.399. The number of aromatic nitrogens is 5. The highest BCUT2D eigenvalue weighted by Crippen LogP contribution is 2.39. The molecule has 2 amide bonds. The van der Waals surface area contributed by atoms with Crippen LogP contribution in [0.25, 0.3) is 16.9 Å². The topological polar surface area (TPSA) is 123 Å². The minimum Gasteiger partial charge on any atom is -0.381 e. The highest BCUT2D eigenvalue weighted by molar-refractivity contribution is 6.11. The Labute approximate surface area is 208 Å². The van der Waals surface area contributed by atoms with Gasteiger partial charge in [-0.1, -0.05) is 0 Å². The molecule has 1 atom stereocenters. The van der Waals surface area contributed by atoms with Crippen molar-refractivity contribution in [2.45, 2.75) is 46.2 Å². The molecule has 1 aliphatic carbocycles. The lowest BCUT2D eigenvalue weighted by atomic mass is 9.98. The number of carbonyl (C=O) groups is 2. The summed E-state index contributed by atoms with van der Waals surface area (Å²) < 4.78 is 3.19. The van der Waals surface area contributed by atoms with Crippen LogP contribution in [0.15, 0.2) is 30.6 Å². The quantitative estimate of drug-likeness (QED) is 0.448. The smallest absolute Gasteiger partial charge is 0.263 e. The number of rotatable bonds is 5. The summed E-state index contributed by atoms with van der Waals surface area (Å²) in [6.45, 7) is 6.60. The number of hydrogen-bond donors (Lipinski definition) is 2. The van der Waals surface area contributed by atoms with Crippen LogP contribution in [-0.2, 0) is 13.6 Å². The molecule has 0 spiro atoms. The molecule has 1 fully saturated rings. The summed E-state index contributed by atoms with van der Waals surface area (Å²) in [5.74, 6) is 0.423. The Balaban J connectivity index is 1.36. The standard InChI is InChI=1S/C26H28N8O2/c1-13-9-17(10-18-12-33(26(36)21(13)18)14(2)16-5-6-16)19-7-8-34-24(29-19)22(23(27)31-34)25(35)30-20-11-28-32(4)15(20)3/h7-11,14,16H,5-6,12H2,1-4H3,(H2,27,31)(H,30,35)/t14-/m0/s1. The molecule has 3 N–H and O–H groups in total. The molecular formula is C26H28N8O2. The lowest BCUT2D eigenvalue weighted by molar-refractivity contribution is 0.0697. The Hall–Kier alpha value is -4.21. The van der Waals surface area contributed by atoms with Gasteiger partial charge in [-0.2, -0.15) is 5.10 Å². The molecule has 4 heterocycles. The Bertz CT molecular complexity index is 1560.